The van der Waals surface area contributed by atoms with Gasteiger partial charge in [-0.15, -0.1) is 0 Å². The Morgan fingerprint density at radius 3 is 3.14 bits per heavy atom. The molecule has 1 atom stereocenters. The number of aryl methyl sites for hydroxylation is 1. The molecule has 1 aromatic heterocycles. The number of hydrogen-bond donors (Lipinski definition) is 1. The van der Waals surface area contributed by atoms with Crippen LogP contribution in [0, 0.1) is 6.92 Å². The Bertz CT molecular complexity index is 299. The molecule has 2 rings (SSSR count). The second kappa shape index (κ2) is 4.06. The third-order valence-corrected chi connectivity index (χ3v) is 2.55. The van der Waals surface area contributed by atoms with Crippen molar-refractivity contribution >= 4 is 0 Å². The fourth-order valence-electron chi connectivity index (χ4n) is 1.70. The molecular weight excluding hydrogens is 180 g/mol. The van der Waals surface area contributed by atoms with Crippen LogP contribution in [0.1, 0.15) is 18.6 Å². The normalized spacial score (nSPS) is 24.0. The topological polar surface area (TPSA) is 54.2 Å². The second-order valence-corrected chi connectivity index (χ2v) is 3.76. The Balaban J connectivity index is 1.95. The van der Waals surface area contributed by atoms with Crippen molar-refractivity contribution in [2.45, 2.75) is 26.4 Å². The predicted octanol–water partition coefficient (Wildman–Crippen LogP) is 0.172. The van der Waals surface area contributed by atoms with Crippen molar-refractivity contribution in [2.24, 2.45) is 0 Å². The van der Waals surface area contributed by atoms with E-state index in [1.54, 1.807) is 0 Å². The van der Waals surface area contributed by atoms with E-state index in [0.717, 1.165) is 32.1 Å². The van der Waals surface area contributed by atoms with Gasteiger partial charge in [-0.2, -0.15) is 4.98 Å². The van der Waals surface area contributed by atoms with Gasteiger partial charge < -0.3 is 9.84 Å². The van der Waals surface area contributed by atoms with Crippen LogP contribution < -0.4 is 5.32 Å². The van der Waals surface area contributed by atoms with Gasteiger partial charge in [0.1, 0.15) is 0 Å². The molecule has 0 spiro atoms. The van der Waals surface area contributed by atoms with Gasteiger partial charge in [0.2, 0.25) is 5.89 Å². The molecule has 0 bridgehead atoms. The zero-order valence-corrected chi connectivity index (χ0v) is 8.66. The third kappa shape index (κ3) is 2.10. The zero-order valence-electron chi connectivity index (χ0n) is 8.66. The summed E-state index contributed by atoms with van der Waals surface area (Å²) in [4.78, 5) is 6.55. The SMILES string of the molecule is Cc1noc(CN2CCNC[C@@H]2C)n1. The molecule has 1 N–H and O–H groups in total. The van der Waals surface area contributed by atoms with Gasteiger partial charge in [0.05, 0.1) is 6.54 Å². The van der Waals surface area contributed by atoms with E-state index < -0.39 is 0 Å². The summed E-state index contributed by atoms with van der Waals surface area (Å²) in [6, 6.07) is 0.538. The van der Waals surface area contributed by atoms with Crippen LogP contribution in [0.5, 0.6) is 0 Å². The summed E-state index contributed by atoms with van der Waals surface area (Å²) >= 11 is 0. The highest BCUT2D eigenvalue weighted by atomic mass is 16.5. The van der Waals surface area contributed by atoms with Gasteiger partial charge in [-0.25, -0.2) is 0 Å². The van der Waals surface area contributed by atoms with Crippen LogP contribution in [-0.2, 0) is 6.54 Å². The summed E-state index contributed by atoms with van der Waals surface area (Å²) in [6.45, 7) is 7.93. The van der Waals surface area contributed by atoms with Gasteiger partial charge in [-0.1, -0.05) is 5.16 Å². The smallest absolute Gasteiger partial charge is 0.240 e. The monoisotopic (exact) mass is 196 g/mol. The van der Waals surface area contributed by atoms with E-state index in [0.29, 0.717) is 11.9 Å². The molecule has 1 fully saturated rings. The molecule has 1 saturated heterocycles. The van der Waals surface area contributed by atoms with E-state index in [9.17, 15) is 0 Å². The maximum Gasteiger partial charge on any atom is 0.240 e. The Hall–Kier alpha value is -0.940. The molecule has 0 aliphatic carbocycles. The summed E-state index contributed by atoms with van der Waals surface area (Å²) in [5, 5.41) is 7.13. The van der Waals surface area contributed by atoms with Crippen LogP contribution >= 0.6 is 0 Å². The second-order valence-electron chi connectivity index (χ2n) is 3.76. The first-order chi connectivity index (χ1) is 6.75. The highest BCUT2D eigenvalue weighted by Gasteiger charge is 2.19. The lowest BCUT2D eigenvalue weighted by Crippen LogP contribution is -2.49. The number of rotatable bonds is 2. The van der Waals surface area contributed by atoms with E-state index >= 15 is 0 Å². The highest BCUT2D eigenvalue weighted by molar-refractivity contribution is 4.85. The van der Waals surface area contributed by atoms with Gasteiger partial charge in [0.15, 0.2) is 5.82 Å². The fraction of sp³-hybridized carbons (Fsp3) is 0.778. The molecule has 0 aromatic carbocycles. The molecule has 78 valence electrons. The standard InChI is InChI=1S/C9H16N4O/c1-7-5-10-3-4-13(7)6-9-11-8(2)12-14-9/h7,10H,3-6H2,1-2H3/t7-/m0/s1. The summed E-state index contributed by atoms with van der Waals surface area (Å²) in [7, 11) is 0. The van der Waals surface area contributed by atoms with Crippen molar-refractivity contribution in [1.29, 1.82) is 0 Å². The molecule has 0 radical (unpaired) electrons. The van der Waals surface area contributed by atoms with E-state index in [-0.39, 0.29) is 0 Å². The number of nitrogens with one attached hydrogen (secondary N) is 1. The molecule has 5 nitrogen and oxygen atoms in total. The summed E-state index contributed by atoms with van der Waals surface area (Å²) in [5.74, 6) is 1.43. The summed E-state index contributed by atoms with van der Waals surface area (Å²) in [6.07, 6.45) is 0. The molecule has 0 amide bonds. The number of nitrogens with zero attached hydrogens (tertiary/aromatic N) is 3. The molecule has 1 aliphatic rings. The van der Waals surface area contributed by atoms with Gasteiger partial charge >= 0.3 is 0 Å². The van der Waals surface area contributed by atoms with E-state index in [2.05, 4.69) is 27.3 Å². The molecule has 1 aromatic rings. The van der Waals surface area contributed by atoms with Crippen molar-refractivity contribution in [3.63, 3.8) is 0 Å². The van der Waals surface area contributed by atoms with Crippen molar-refractivity contribution in [2.75, 3.05) is 19.6 Å². The minimum Gasteiger partial charge on any atom is -0.338 e. The predicted molar refractivity (Wildman–Crippen MR) is 51.8 cm³/mol. The van der Waals surface area contributed by atoms with Gasteiger partial charge in [-0.05, 0) is 13.8 Å². The quantitative estimate of drug-likeness (QED) is 0.731. The highest BCUT2D eigenvalue weighted by Crippen LogP contribution is 2.07. The third-order valence-electron chi connectivity index (χ3n) is 2.55. The lowest BCUT2D eigenvalue weighted by Gasteiger charge is -2.32. The van der Waals surface area contributed by atoms with Gasteiger partial charge in [0, 0.05) is 25.7 Å². The van der Waals surface area contributed by atoms with Crippen LogP contribution in [0.4, 0.5) is 0 Å². The van der Waals surface area contributed by atoms with Gasteiger partial charge in [0.25, 0.3) is 0 Å². The van der Waals surface area contributed by atoms with E-state index in [1.807, 2.05) is 6.92 Å². The first-order valence-corrected chi connectivity index (χ1v) is 4.99. The molecule has 5 heteroatoms. The Morgan fingerprint density at radius 1 is 1.64 bits per heavy atom. The van der Waals surface area contributed by atoms with E-state index in [4.69, 9.17) is 4.52 Å². The van der Waals surface area contributed by atoms with Crippen molar-refractivity contribution in [1.82, 2.24) is 20.4 Å². The molecule has 1 aliphatic heterocycles. The van der Waals surface area contributed by atoms with Gasteiger partial charge in [-0.3, -0.25) is 4.90 Å². The number of hydrogen-bond acceptors (Lipinski definition) is 5. The lowest BCUT2D eigenvalue weighted by atomic mass is 10.2. The fourth-order valence-corrected chi connectivity index (χ4v) is 1.70. The summed E-state index contributed by atoms with van der Waals surface area (Å²) < 4.78 is 5.09. The van der Waals surface area contributed by atoms with Crippen LogP contribution in [0.15, 0.2) is 4.52 Å². The average molecular weight is 196 g/mol. The summed E-state index contributed by atoms with van der Waals surface area (Å²) in [5.41, 5.74) is 0. The van der Waals surface area contributed by atoms with Crippen LogP contribution in [-0.4, -0.2) is 40.7 Å². The lowest BCUT2D eigenvalue weighted by molar-refractivity contribution is 0.146. The minimum atomic E-state index is 0.538. The minimum absolute atomic E-state index is 0.538. The van der Waals surface area contributed by atoms with Crippen LogP contribution in [0.3, 0.4) is 0 Å². The molecular formula is C9H16N4O. The molecule has 0 unspecified atom stereocenters. The van der Waals surface area contributed by atoms with Crippen molar-refractivity contribution < 1.29 is 4.52 Å². The Morgan fingerprint density at radius 2 is 2.50 bits per heavy atom. The van der Waals surface area contributed by atoms with Crippen LogP contribution in [0.2, 0.25) is 0 Å². The maximum absolute atomic E-state index is 5.09. The Labute approximate surface area is 83.5 Å². The van der Waals surface area contributed by atoms with E-state index in [1.165, 1.54) is 0 Å². The molecule has 0 saturated carbocycles. The Kier molecular flexibility index (Phi) is 2.79. The van der Waals surface area contributed by atoms with Crippen molar-refractivity contribution in [3.05, 3.63) is 11.7 Å². The largest absolute Gasteiger partial charge is 0.338 e. The van der Waals surface area contributed by atoms with Crippen molar-refractivity contribution in [3.8, 4) is 0 Å². The average Bonchev–Trinajstić information content (AvgIpc) is 2.56. The first-order valence-electron chi connectivity index (χ1n) is 4.99. The first kappa shape index (κ1) is 9.61. The number of piperazine rings is 1. The van der Waals surface area contributed by atoms with Crippen LogP contribution in [0.25, 0.3) is 0 Å². The zero-order chi connectivity index (χ0) is 9.97. The molecule has 2 heterocycles. The maximum atomic E-state index is 5.09. The molecule has 14 heavy (non-hydrogen) atoms. The number of aromatic nitrogens is 2.